The van der Waals surface area contributed by atoms with Crippen molar-refractivity contribution in [2.75, 3.05) is 11.9 Å². The van der Waals surface area contributed by atoms with Crippen LogP contribution in [0, 0.1) is 5.82 Å². The SMILES string of the molecule is CN(c1cc(F)cc(C(F)(F)F)c1)c1cc(Cl)ncn1. The van der Waals surface area contributed by atoms with Gasteiger partial charge in [-0.3, -0.25) is 0 Å². The normalized spacial score (nSPS) is 11.5. The quantitative estimate of drug-likeness (QED) is 0.619. The van der Waals surface area contributed by atoms with Crippen molar-refractivity contribution in [1.82, 2.24) is 9.97 Å². The summed E-state index contributed by atoms with van der Waals surface area (Å²) in [5, 5.41) is 0.134. The first-order valence-electron chi connectivity index (χ1n) is 5.36. The molecule has 0 unspecified atom stereocenters. The first-order valence-corrected chi connectivity index (χ1v) is 5.74. The zero-order chi connectivity index (χ0) is 14.9. The molecule has 1 aromatic carbocycles. The van der Waals surface area contributed by atoms with Crippen molar-refractivity contribution < 1.29 is 17.6 Å². The topological polar surface area (TPSA) is 29.0 Å². The standard InChI is InChI=1S/C12H8ClF4N3/c1-20(11-5-10(13)18-6-19-11)9-3-7(12(15,16)17)2-8(14)4-9/h2-6H,1H3. The van der Waals surface area contributed by atoms with Crippen molar-refractivity contribution in [1.29, 1.82) is 0 Å². The molecule has 0 saturated carbocycles. The maximum atomic E-state index is 13.3. The fourth-order valence-corrected chi connectivity index (χ4v) is 1.71. The van der Waals surface area contributed by atoms with E-state index >= 15 is 0 Å². The van der Waals surface area contributed by atoms with Gasteiger partial charge in [-0.1, -0.05) is 11.6 Å². The van der Waals surface area contributed by atoms with E-state index in [2.05, 4.69) is 9.97 Å². The molecule has 0 bridgehead atoms. The van der Waals surface area contributed by atoms with Gasteiger partial charge in [-0.2, -0.15) is 13.2 Å². The van der Waals surface area contributed by atoms with Crippen molar-refractivity contribution in [2.24, 2.45) is 0 Å². The second kappa shape index (κ2) is 5.24. The molecule has 0 amide bonds. The lowest BCUT2D eigenvalue weighted by atomic mass is 10.1. The van der Waals surface area contributed by atoms with Crippen LogP contribution in [0.15, 0.2) is 30.6 Å². The van der Waals surface area contributed by atoms with E-state index in [4.69, 9.17) is 11.6 Å². The van der Waals surface area contributed by atoms with Gasteiger partial charge in [0.25, 0.3) is 0 Å². The van der Waals surface area contributed by atoms with Crippen LogP contribution < -0.4 is 4.90 Å². The van der Waals surface area contributed by atoms with Crippen LogP contribution >= 0.6 is 11.6 Å². The summed E-state index contributed by atoms with van der Waals surface area (Å²) in [6.45, 7) is 0. The number of hydrogen-bond donors (Lipinski definition) is 0. The molecule has 0 aliphatic carbocycles. The fraction of sp³-hybridized carbons (Fsp3) is 0.167. The summed E-state index contributed by atoms with van der Waals surface area (Å²) in [6, 6.07) is 3.61. The van der Waals surface area contributed by atoms with Gasteiger partial charge in [-0.15, -0.1) is 0 Å². The van der Waals surface area contributed by atoms with Gasteiger partial charge in [0.15, 0.2) is 0 Å². The Hall–Kier alpha value is -1.89. The van der Waals surface area contributed by atoms with Crippen molar-refractivity contribution in [3.8, 4) is 0 Å². The highest BCUT2D eigenvalue weighted by atomic mass is 35.5. The van der Waals surface area contributed by atoms with Gasteiger partial charge in [0.2, 0.25) is 0 Å². The average Bonchev–Trinajstić information content (AvgIpc) is 2.36. The van der Waals surface area contributed by atoms with Gasteiger partial charge >= 0.3 is 6.18 Å². The van der Waals surface area contributed by atoms with Gasteiger partial charge in [0.1, 0.15) is 23.1 Å². The van der Waals surface area contributed by atoms with Crippen molar-refractivity contribution in [3.63, 3.8) is 0 Å². The van der Waals surface area contributed by atoms with Crippen LogP contribution in [0.3, 0.4) is 0 Å². The summed E-state index contributed by atoms with van der Waals surface area (Å²) in [7, 11) is 1.45. The lowest BCUT2D eigenvalue weighted by Crippen LogP contribution is -2.14. The first kappa shape index (κ1) is 14.5. The predicted molar refractivity (Wildman–Crippen MR) is 66.5 cm³/mol. The van der Waals surface area contributed by atoms with E-state index in [1.54, 1.807) is 0 Å². The van der Waals surface area contributed by atoms with Crippen molar-refractivity contribution >= 4 is 23.1 Å². The third-order valence-corrected chi connectivity index (χ3v) is 2.77. The molecule has 0 fully saturated rings. The minimum Gasteiger partial charge on any atom is -0.329 e. The number of aromatic nitrogens is 2. The summed E-state index contributed by atoms with van der Waals surface area (Å²) in [5.74, 6) is -0.731. The molecule has 8 heteroatoms. The van der Waals surface area contributed by atoms with Crippen LogP contribution in [-0.4, -0.2) is 17.0 Å². The van der Waals surface area contributed by atoms with E-state index in [0.29, 0.717) is 6.07 Å². The van der Waals surface area contributed by atoms with Gasteiger partial charge < -0.3 is 4.90 Å². The number of anilines is 2. The largest absolute Gasteiger partial charge is 0.416 e. The van der Waals surface area contributed by atoms with Gasteiger partial charge in [0.05, 0.1) is 5.56 Å². The summed E-state index contributed by atoms with van der Waals surface area (Å²) < 4.78 is 51.3. The molecule has 0 aliphatic rings. The Labute approximate surface area is 116 Å². The number of nitrogens with zero attached hydrogens (tertiary/aromatic N) is 3. The second-order valence-corrected chi connectivity index (χ2v) is 4.34. The van der Waals surface area contributed by atoms with E-state index in [1.165, 1.54) is 18.0 Å². The highest BCUT2D eigenvalue weighted by Gasteiger charge is 2.31. The Morgan fingerprint density at radius 2 is 1.80 bits per heavy atom. The minimum atomic E-state index is -4.62. The van der Waals surface area contributed by atoms with Crippen LogP contribution in [-0.2, 0) is 6.18 Å². The molecular formula is C12H8ClF4N3. The molecule has 2 rings (SSSR count). The monoisotopic (exact) mass is 305 g/mol. The molecule has 3 nitrogen and oxygen atoms in total. The Morgan fingerprint density at radius 1 is 1.10 bits per heavy atom. The molecule has 106 valence electrons. The average molecular weight is 306 g/mol. The number of benzene rings is 1. The molecule has 2 aromatic rings. The second-order valence-electron chi connectivity index (χ2n) is 3.95. The summed E-state index contributed by atoms with van der Waals surface area (Å²) in [5.41, 5.74) is -1.06. The van der Waals surface area contributed by atoms with Crippen LogP contribution in [0.1, 0.15) is 5.56 Å². The lowest BCUT2D eigenvalue weighted by molar-refractivity contribution is -0.137. The Morgan fingerprint density at radius 3 is 2.40 bits per heavy atom. The smallest absolute Gasteiger partial charge is 0.329 e. The molecule has 20 heavy (non-hydrogen) atoms. The van der Waals surface area contributed by atoms with Gasteiger partial charge in [-0.25, -0.2) is 14.4 Å². The van der Waals surface area contributed by atoms with E-state index in [-0.39, 0.29) is 16.7 Å². The molecule has 0 saturated heterocycles. The fourth-order valence-electron chi connectivity index (χ4n) is 1.57. The van der Waals surface area contributed by atoms with Crippen molar-refractivity contribution in [2.45, 2.75) is 6.18 Å². The molecular weight excluding hydrogens is 298 g/mol. The van der Waals surface area contributed by atoms with Crippen molar-refractivity contribution in [3.05, 3.63) is 47.1 Å². The summed E-state index contributed by atoms with van der Waals surface area (Å²) >= 11 is 5.68. The van der Waals surface area contributed by atoms with Crippen LogP contribution in [0.2, 0.25) is 5.15 Å². The first-order chi connectivity index (χ1) is 9.27. The Balaban J connectivity index is 2.45. The van der Waals surface area contributed by atoms with Gasteiger partial charge in [-0.05, 0) is 18.2 Å². The van der Waals surface area contributed by atoms with E-state index in [9.17, 15) is 17.6 Å². The Bertz CT molecular complexity index is 630. The number of alkyl halides is 3. The number of hydrogen-bond acceptors (Lipinski definition) is 3. The van der Waals surface area contributed by atoms with E-state index < -0.39 is 17.6 Å². The highest BCUT2D eigenvalue weighted by molar-refractivity contribution is 6.29. The minimum absolute atomic E-state index is 0.00657. The third kappa shape index (κ3) is 3.16. The third-order valence-electron chi connectivity index (χ3n) is 2.56. The van der Waals surface area contributed by atoms with E-state index in [0.717, 1.165) is 18.5 Å². The van der Waals surface area contributed by atoms with Crippen LogP contribution in [0.25, 0.3) is 0 Å². The molecule has 0 aliphatic heterocycles. The zero-order valence-corrected chi connectivity index (χ0v) is 10.9. The molecule has 1 heterocycles. The maximum absolute atomic E-state index is 13.3. The zero-order valence-electron chi connectivity index (χ0n) is 10.1. The van der Waals surface area contributed by atoms with Crippen LogP contribution in [0.5, 0.6) is 0 Å². The summed E-state index contributed by atoms with van der Waals surface area (Å²) in [6.07, 6.45) is -3.46. The maximum Gasteiger partial charge on any atom is 0.416 e. The molecule has 0 N–H and O–H groups in total. The van der Waals surface area contributed by atoms with Gasteiger partial charge in [0, 0.05) is 18.8 Å². The van der Waals surface area contributed by atoms with Crippen LogP contribution in [0.4, 0.5) is 29.1 Å². The summed E-state index contributed by atoms with van der Waals surface area (Å²) in [4.78, 5) is 8.81. The molecule has 0 spiro atoms. The molecule has 0 atom stereocenters. The predicted octanol–water partition coefficient (Wildman–Crippen LogP) is 4.06. The number of halogens is 5. The highest BCUT2D eigenvalue weighted by Crippen LogP contribution is 2.33. The molecule has 1 aromatic heterocycles. The molecule has 0 radical (unpaired) electrons. The number of rotatable bonds is 2. The van der Waals surface area contributed by atoms with E-state index in [1.807, 2.05) is 0 Å². The Kier molecular flexibility index (Phi) is 3.80. The lowest BCUT2D eigenvalue weighted by Gasteiger charge is -2.19.